The minimum absolute atomic E-state index is 0.923. The van der Waals surface area contributed by atoms with Gasteiger partial charge in [-0.3, -0.25) is 4.90 Å². The highest BCUT2D eigenvalue weighted by atomic mass is 32.1. The lowest BCUT2D eigenvalue weighted by molar-refractivity contribution is 0.300. The van der Waals surface area contributed by atoms with Gasteiger partial charge in [-0.25, -0.2) is 4.98 Å². The summed E-state index contributed by atoms with van der Waals surface area (Å²) in [4.78, 5) is 7.33. The molecule has 100 valence electrons. The van der Waals surface area contributed by atoms with E-state index in [0.717, 1.165) is 31.5 Å². The summed E-state index contributed by atoms with van der Waals surface area (Å²) in [7, 11) is 0. The van der Waals surface area contributed by atoms with E-state index in [-0.39, 0.29) is 0 Å². The monoisotopic (exact) mass is 265 g/mol. The van der Waals surface area contributed by atoms with Crippen LogP contribution in [-0.2, 0) is 13.1 Å². The fourth-order valence-electron chi connectivity index (χ4n) is 3.43. The first-order valence-corrected chi connectivity index (χ1v) is 8.09. The predicted molar refractivity (Wildman–Crippen MR) is 75.6 cm³/mol. The number of hydrogen-bond acceptors (Lipinski definition) is 4. The van der Waals surface area contributed by atoms with Crippen molar-refractivity contribution in [2.45, 2.75) is 39.3 Å². The maximum atomic E-state index is 4.72. The molecule has 1 aliphatic carbocycles. The van der Waals surface area contributed by atoms with Crippen molar-refractivity contribution in [3.05, 3.63) is 16.1 Å². The third-order valence-corrected chi connectivity index (χ3v) is 5.21. The molecule has 2 aliphatic rings. The molecule has 2 heterocycles. The number of hydrogen-bond donors (Lipinski definition) is 1. The van der Waals surface area contributed by atoms with Gasteiger partial charge in [0.15, 0.2) is 0 Å². The van der Waals surface area contributed by atoms with E-state index in [2.05, 4.69) is 22.5 Å². The van der Waals surface area contributed by atoms with Crippen LogP contribution in [-0.4, -0.2) is 29.5 Å². The summed E-state index contributed by atoms with van der Waals surface area (Å²) in [5.74, 6) is 1.98. The number of nitrogens with one attached hydrogen (secondary N) is 1. The third-order valence-electron chi connectivity index (χ3n) is 4.31. The molecule has 18 heavy (non-hydrogen) atoms. The van der Waals surface area contributed by atoms with Crippen LogP contribution in [0.1, 0.15) is 36.9 Å². The molecule has 1 aromatic rings. The maximum absolute atomic E-state index is 4.72. The Balaban J connectivity index is 1.52. The van der Waals surface area contributed by atoms with Crippen molar-refractivity contribution < 1.29 is 0 Å². The molecule has 1 saturated carbocycles. The largest absolute Gasteiger partial charge is 0.311 e. The third kappa shape index (κ3) is 2.76. The van der Waals surface area contributed by atoms with Gasteiger partial charge < -0.3 is 5.32 Å². The molecule has 4 heteroatoms. The van der Waals surface area contributed by atoms with Gasteiger partial charge in [0.1, 0.15) is 5.01 Å². The smallest absolute Gasteiger partial charge is 0.107 e. The fraction of sp³-hybridized carbons (Fsp3) is 0.786. The summed E-state index contributed by atoms with van der Waals surface area (Å²) in [6.45, 7) is 7.76. The Labute approximate surface area is 114 Å². The number of nitrogens with zero attached hydrogens (tertiary/aromatic N) is 2. The Kier molecular flexibility index (Phi) is 3.97. The second kappa shape index (κ2) is 5.68. The van der Waals surface area contributed by atoms with E-state index in [1.807, 2.05) is 0 Å². The van der Waals surface area contributed by atoms with E-state index >= 15 is 0 Å². The Hall–Kier alpha value is -0.450. The van der Waals surface area contributed by atoms with E-state index in [0.29, 0.717) is 0 Å². The van der Waals surface area contributed by atoms with Crippen molar-refractivity contribution in [1.82, 2.24) is 15.2 Å². The zero-order valence-corrected chi connectivity index (χ0v) is 12.0. The van der Waals surface area contributed by atoms with Crippen molar-refractivity contribution in [3.63, 3.8) is 0 Å². The average molecular weight is 265 g/mol. The minimum Gasteiger partial charge on any atom is -0.311 e. The molecule has 1 N–H and O–H groups in total. The van der Waals surface area contributed by atoms with Crippen molar-refractivity contribution >= 4 is 11.3 Å². The van der Waals surface area contributed by atoms with Crippen LogP contribution < -0.4 is 5.32 Å². The van der Waals surface area contributed by atoms with Crippen LogP contribution in [0, 0.1) is 11.8 Å². The summed E-state index contributed by atoms with van der Waals surface area (Å²) >= 11 is 1.79. The lowest BCUT2D eigenvalue weighted by Crippen LogP contribution is -2.21. The molecular weight excluding hydrogens is 242 g/mol. The van der Waals surface area contributed by atoms with Crippen molar-refractivity contribution in [2.75, 3.05) is 19.6 Å². The molecule has 3 nitrogen and oxygen atoms in total. The number of thiazole rings is 1. The fourth-order valence-corrected chi connectivity index (χ4v) is 4.18. The van der Waals surface area contributed by atoms with E-state index in [1.165, 1.54) is 43.1 Å². The van der Waals surface area contributed by atoms with Crippen molar-refractivity contribution in [1.29, 1.82) is 0 Å². The molecule has 3 rings (SSSR count). The van der Waals surface area contributed by atoms with E-state index in [1.54, 1.807) is 11.3 Å². The normalized spacial score (nSPS) is 27.8. The van der Waals surface area contributed by atoms with Crippen LogP contribution in [0.3, 0.4) is 0 Å². The van der Waals surface area contributed by atoms with Crippen molar-refractivity contribution in [2.24, 2.45) is 11.8 Å². The van der Waals surface area contributed by atoms with Crippen LogP contribution in [0.25, 0.3) is 0 Å². The van der Waals surface area contributed by atoms with Gasteiger partial charge in [-0.2, -0.15) is 0 Å². The Morgan fingerprint density at radius 1 is 1.39 bits per heavy atom. The highest BCUT2D eigenvalue weighted by Gasteiger charge is 2.35. The lowest BCUT2D eigenvalue weighted by Gasteiger charge is -2.14. The molecular formula is C14H23N3S. The molecule has 0 amide bonds. The van der Waals surface area contributed by atoms with Gasteiger partial charge in [-0.1, -0.05) is 13.3 Å². The van der Waals surface area contributed by atoms with Gasteiger partial charge in [0.2, 0.25) is 0 Å². The van der Waals surface area contributed by atoms with Gasteiger partial charge in [0, 0.05) is 31.6 Å². The molecule has 1 saturated heterocycles. The number of aromatic nitrogens is 1. The minimum atomic E-state index is 0.923. The quantitative estimate of drug-likeness (QED) is 0.886. The van der Waals surface area contributed by atoms with Crippen molar-refractivity contribution in [3.8, 4) is 0 Å². The topological polar surface area (TPSA) is 28.2 Å². The predicted octanol–water partition coefficient (Wildman–Crippen LogP) is 2.48. The Morgan fingerprint density at radius 3 is 2.89 bits per heavy atom. The van der Waals surface area contributed by atoms with Gasteiger partial charge >= 0.3 is 0 Å². The average Bonchev–Trinajstić information content (AvgIpc) is 3.02. The van der Waals surface area contributed by atoms with E-state index in [4.69, 9.17) is 4.98 Å². The van der Waals surface area contributed by atoms with Crippen LogP contribution in [0.2, 0.25) is 0 Å². The van der Waals surface area contributed by atoms with Gasteiger partial charge in [-0.15, -0.1) is 11.3 Å². The van der Waals surface area contributed by atoms with E-state index in [9.17, 15) is 0 Å². The van der Waals surface area contributed by atoms with E-state index < -0.39 is 0 Å². The number of fused-ring (bicyclic) bond motifs is 1. The number of likely N-dealkylation sites (tertiary alicyclic amines) is 1. The summed E-state index contributed by atoms with van der Waals surface area (Å²) < 4.78 is 0. The summed E-state index contributed by atoms with van der Waals surface area (Å²) in [6, 6.07) is 0. The second-order valence-corrected chi connectivity index (χ2v) is 6.60. The van der Waals surface area contributed by atoms with Gasteiger partial charge in [-0.05, 0) is 31.2 Å². The van der Waals surface area contributed by atoms with Gasteiger partial charge in [0.25, 0.3) is 0 Å². The second-order valence-electron chi connectivity index (χ2n) is 5.66. The highest BCUT2D eigenvalue weighted by molar-refractivity contribution is 7.09. The summed E-state index contributed by atoms with van der Waals surface area (Å²) in [5, 5.41) is 6.80. The van der Waals surface area contributed by atoms with Crippen LogP contribution in [0.15, 0.2) is 5.38 Å². The molecule has 2 fully saturated rings. The molecule has 0 radical (unpaired) electrons. The summed E-state index contributed by atoms with van der Waals surface area (Å²) in [5.41, 5.74) is 1.27. The summed E-state index contributed by atoms with van der Waals surface area (Å²) in [6.07, 6.45) is 4.39. The number of rotatable bonds is 5. The molecule has 2 unspecified atom stereocenters. The lowest BCUT2D eigenvalue weighted by atomic mass is 10.0. The first-order valence-electron chi connectivity index (χ1n) is 7.21. The van der Waals surface area contributed by atoms with Gasteiger partial charge in [0.05, 0.1) is 5.69 Å². The SMILES string of the molecule is CCNCc1nc(CN2CC3CCCC3C2)cs1. The standard InChI is InChI=1S/C14H23N3S/c1-2-15-6-14-16-13(10-18-14)9-17-7-11-4-3-5-12(11)8-17/h10-12,15H,2-9H2,1H3. The zero-order chi connectivity index (χ0) is 12.4. The molecule has 0 aromatic carbocycles. The molecule has 2 atom stereocenters. The molecule has 0 spiro atoms. The zero-order valence-electron chi connectivity index (χ0n) is 11.2. The Morgan fingerprint density at radius 2 is 2.17 bits per heavy atom. The van der Waals surface area contributed by atoms with Crippen LogP contribution >= 0.6 is 11.3 Å². The molecule has 1 aromatic heterocycles. The molecule has 0 bridgehead atoms. The first kappa shape index (κ1) is 12.6. The van der Waals surface area contributed by atoms with Crippen LogP contribution in [0.4, 0.5) is 0 Å². The first-order chi connectivity index (χ1) is 8.85. The maximum Gasteiger partial charge on any atom is 0.107 e. The highest BCUT2D eigenvalue weighted by Crippen LogP contribution is 2.38. The Bertz CT molecular complexity index is 378. The molecule has 1 aliphatic heterocycles. The van der Waals surface area contributed by atoms with Crippen LogP contribution in [0.5, 0.6) is 0 Å².